The van der Waals surface area contributed by atoms with Crippen LogP contribution in [0, 0.1) is 0 Å². The lowest BCUT2D eigenvalue weighted by atomic mass is 10.2. The smallest absolute Gasteiger partial charge is 0.295 e. The van der Waals surface area contributed by atoms with Crippen molar-refractivity contribution in [1.82, 2.24) is 14.8 Å². The van der Waals surface area contributed by atoms with Gasteiger partial charge in [0.1, 0.15) is 0 Å². The van der Waals surface area contributed by atoms with Gasteiger partial charge in [0, 0.05) is 20.7 Å². The number of hydrogen-bond acceptors (Lipinski definition) is 3. The number of carbonyl (C=O) groups is 1. The van der Waals surface area contributed by atoms with Crippen molar-refractivity contribution in [3.8, 4) is 17.1 Å². The number of nitrogens with zero attached hydrogens (tertiary/aromatic N) is 3. The maximum Gasteiger partial charge on any atom is 0.295 e. The zero-order chi connectivity index (χ0) is 19.5. The van der Waals surface area contributed by atoms with E-state index < -0.39 is 0 Å². The summed E-state index contributed by atoms with van der Waals surface area (Å²) in [5.41, 5.74) is 2.27. The summed E-state index contributed by atoms with van der Waals surface area (Å²) in [4.78, 5) is 17.2. The minimum atomic E-state index is -0.386. The fourth-order valence-corrected chi connectivity index (χ4v) is 3.22. The quantitative estimate of drug-likeness (QED) is 0.437. The van der Waals surface area contributed by atoms with Crippen molar-refractivity contribution in [2.75, 3.05) is 5.32 Å². The molecule has 1 aromatic heterocycles. The minimum absolute atomic E-state index is 0.0776. The number of nitrogens with one attached hydrogen (secondary N) is 1. The molecule has 28 heavy (non-hydrogen) atoms. The summed E-state index contributed by atoms with van der Waals surface area (Å²) in [6, 6.07) is 24.1. The SMILES string of the molecule is O=C(Nc1cccc(Br)c1)c1nc(-c2ccc(Cl)cc2)n(-c2ccccc2)n1. The van der Waals surface area contributed by atoms with Crippen molar-refractivity contribution in [3.63, 3.8) is 0 Å². The summed E-state index contributed by atoms with van der Waals surface area (Å²) in [5.74, 6) is 0.249. The van der Waals surface area contributed by atoms with Gasteiger partial charge in [-0.25, -0.2) is 9.67 Å². The number of amides is 1. The number of anilines is 1. The molecule has 0 aliphatic carbocycles. The lowest BCUT2D eigenvalue weighted by molar-refractivity contribution is 0.101. The molecule has 0 radical (unpaired) electrons. The van der Waals surface area contributed by atoms with Crippen LogP contribution < -0.4 is 5.32 Å². The Bertz CT molecular complexity index is 1130. The summed E-state index contributed by atoms with van der Waals surface area (Å²) in [6.07, 6.45) is 0. The second kappa shape index (κ2) is 7.96. The lowest BCUT2D eigenvalue weighted by Crippen LogP contribution is -2.14. The van der Waals surface area contributed by atoms with Gasteiger partial charge in [0.2, 0.25) is 5.82 Å². The number of carbonyl (C=O) groups excluding carboxylic acids is 1. The monoisotopic (exact) mass is 452 g/mol. The van der Waals surface area contributed by atoms with Gasteiger partial charge in [0.05, 0.1) is 5.69 Å². The molecule has 3 aromatic carbocycles. The van der Waals surface area contributed by atoms with Gasteiger partial charge in [0.25, 0.3) is 5.91 Å². The molecule has 1 N–H and O–H groups in total. The van der Waals surface area contributed by atoms with Crippen LogP contribution in [0.3, 0.4) is 0 Å². The third kappa shape index (κ3) is 3.98. The van der Waals surface area contributed by atoms with Gasteiger partial charge >= 0.3 is 0 Å². The van der Waals surface area contributed by atoms with E-state index in [0.29, 0.717) is 16.5 Å². The summed E-state index contributed by atoms with van der Waals surface area (Å²) in [7, 11) is 0. The maximum atomic E-state index is 12.7. The molecule has 0 bridgehead atoms. The van der Waals surface area contributed by atoms with Gasteiger partial charge < -0.3 is 5.32 Å². The molecule has 4 aromatic rings. The molecule has 1 amide bonds. The molecule has 0 aliphatic heterocycles. The van der Waals surface area contributed by atoms with Crippen LogP contribution in [0.25, 0.3) is 17.1 Å². The molecule has 0 atom stereocenters. The van der Waals surface area contributed by atoms with E-state index in [-0.39, 0.29) is 11.7 Å². The molecule has 0 aliphatic rings. The Morgan fingerprint density at radius 3 is 2.43 bits per heavy atom. The summed E-state index contributed by atoms with van der Waals surface area (Å²) in [6.45, 7) is 0. The number of rotatable bonds is 4. The van der Waals surface area contributed by atoms with E-state index in [1.807, 2.05) is 60.7 Å². The zero-order valence-electron chi connectivity index (χ0n) is 14.5. The first kappa shape index (κ1) is 18.4. The van der Waals surface area contributed by atoms with Crippen LogP contribution in [0.2, 0.25) is 5.02 Å². The van der Waals surface area contributed by atoms with Crippen LogP contribution in [-0.4, -0.2) is 20.7 Å². The van der Waals surface area contributed by atoms with Crippen molar-refractivity contribution in [2.24, 2.45) is 0 Å². The van der Waals surface area contributed by atoms with Gasteiger partial charge in [-0.05, 0) is 54.6 Å². The van der Waals surface area contributed by atoms with E-state index in [1.165, 1.54) is 0 Å². The Kier molecular flexibility index (Phi) is 5.23. The van der Waals surface area contributed by atoms with Crippen LogP contribution in [0.4, 0.5) is 5.69 Å². The van der Waals surface area contributed by atoms with E-state index in [0.717, 1.165) is 15.7 Å². The largest absolute Gasteiger partial charge is 0.319 e. The first-order valence-corrected chi connectivity index (χ1v) is 9.62. The highest BCUT2D eigenvalue weighted by atomic mass is 79.9. The molecule has 0 spiro atoms. The molecule has 0 saturated heterocycles. The van der Waals surface area contributed by atoms with Crippen LogP contribution in [-0.2, 0) is 0 Å². The molecule has 0 unspecified atom stereocenters. The fraction of sp³-hybridized carbons (Fsp3) is 0. The standard InChI is InChI=1S/C21H14BrClN4O/c22-15-5-4-6-17(13-15)24-21(28)19-25-20(14-9-11-16(23)12-10-14)27(26-19)18-7-2-1-3-8-18/h1-13H,(H,24,28). The second-order valence-electron chi connectivity index (χ2n) is 5.98. The second-order valence-corrected chi connectivity index (χ2v) is 7.33. The lowest BCUT2D eigenvalue weighted by Gasteiger charge is -2.05. The maximum absolute atomic E-state index is 12.7. The topological polar surface area (TPSA) is 59.8 Å². The third-order valence-electron chi connectivity index (χ3n) is 4.00. The normalized spacial score (nSPS) is 10.6. The Hall–Kier alpha value is -2.96. The molecule has 0 saturated carbocycles. The highest BCUT2D eigenvalue weighted by molar-refractivity contribution is 9.10. The van der Waals surface area contributed by atoms with E-state index in [1.54, 1.807) is 22.9 Å². The average molecular weight is 454 g/mol. The van der Waals surface area contributed by atoms with Crippen LogP contribution in [0.5, 0.6) is 0 Å². The third-order valence-corrected chi connectivity index (χ3v) is 4.74. The molecule has 138 valence electrons. The first-order valence-electron chi connectivity index (χ1n) is 8.45. The Labute approximate surface area is 175 Å². The van der Waals surface area contributed by atoms with Crippen LogP contribution >= 0.6 is 27.5 Å². The molecule has 4 rings (SSSR count). The van der Waals surface area contributed by atoms with Crippen molar-refractivity contribution in [3.05, 3.63) is 94.2 Å². The Morgan fingerprint density at radius 1 is 0.964 bits per heavy atom. The molecule has 0 fully saturated rings. The number of benzene rings is 3. The van der Waals surface area contributed by atoms with Gasteiger partial charge in [0.15, 0.2) is 5.82 Å². The average Bonchev–Trinajstić information content (AvgIpc) is 3.15. The van der Waals surface area contributed by atoms with Crippen molar-refractivity contribution < 1.29 is 4.79 Å². The van der Waals surface area contributed by atoms with Crippen LogP contribution in [0.1, 0.15) is 10.6 Å². The molecule has 7 heteroatoms. The minimum Gasteiger partial charge on any atom is -0.319 e. The van der Waals surface area contributed by atoms with Crippen LogP contribution in [0.15, 0.2) is 83.3 Å². The molecular formula is C21H14BrClN4O. The van der Waals surface area contributed by atoms with Gasteiger partial charge in [-0.15, -0.1) is 5.10 Å². The number of halogens is 2. The predicted octanol–water partition coefficient (Wildman–Crippen LogP) is 5.60. The Balaban J connectivity index is 1.74. The van der Waals surface area contributed by atoms with Crippen molar-refractivity contribution in [1.29, 1.82) is 0 Å². The number of para-hydroxylation sites is 1. The molecule has 1 heterocycles. The van der Waals surface area contributed by atoms with Crippen molar-refractivity contribution in [2.45, 2.75) is 0 Å². The number of hydrogen-bond donors (Lipinski definition) is 1. The predicted molar refractivity (Wildman–Crippen MR) is 114 cm³/mol. The van der Waals surface area contributed by atoms with E-state index in [4.69, 9.17) is 11.6 Å². The Morgan fingerprint density at radius 2 is 1.71 bits per heavy atom. The van der Waals surface area contributed by atoms with E-state index in [2.05, 4.69) is 31.3 Å². The highest BCUT2D eigenvalue weighted by Gasteiger charge is 2.19. The van der Waals surface area contributed by atoms with Gasteiger partial charge in [-0.3, -0.25) is 4.79 Å². The van der Waals surface area contributed by atoms with Crippen molar-refractivity contribution >= 4 is 39.1 Å². The van der Waals surface area contributed by atoms with E-state index in [9.17, 15) is 4.79 Å². The van der Waals surface area contributed by atoms with Gasteiger partial charge in [-0.1, -0.05) is 51.8 Å². The summed E-state index contributed by atoms with van der Waals surface area (Å²) < 4.78 is 2.52. The molecule has 5 nitrogen and oxygen atoms in total. The first-order chi connectivity index (χ1) is 13.6. The highest BCUT2D eigenvalue weighted by Crippen LogP contribution is 2.23. The van der Waals surface area contributed by atoms with Gasteiger partial charge in [-0.2, -0.15) is 0 Å². The summed E-state index contributed by atoms with van der Waals surface area (Å²) >= 11 is 9.40. The van der Waals surface area contributed by atoms with E-state index >= 15 is 0 Å². The summed E-state index contributed by atoms with van der Waals surface area (Å²) in [5, 5.41) is 7.90. The number of aromatic nitrogens is 3. The zero-order valence-corrected chi connectivity index (χ0v) is 16.9. The fourth-order valence-electron chi connectivity index (χ4n) is 2.70. The molecular weight excluding hydrogens is 440 g/mol.